The van der Waals surface area contributed by atoms with Gasteiger partial charge in [-0.2, -0.15) is 5.26 Å². The topological polar surface area (TPSA) is 82.4 Å². The highest BCUT2D eigenvalue weighted by atomic mass is 16.5. The molecule has 3 rings (SSSR count). The van der Waals surface area contributed by atoms with Crippen LogP contribution in [0.25, 0.3) is 0 Å². The standard InChI is InChI=1S/C18H21N3O3/c19-8-4-13-2-1-3-14(12-13)17(22)20-16-5-9-21(18(16)23)15-6-10-24-11-7-15/h1-3,12,15-16H,4-7,9-11H2,(H,20,22). The van der Waals surface area contributed by atoms with Gasteiger partial charge in [0.2, 0.25) is 5.91 Å². The van der Waals surface area contributed by atoms with Gasteiger partial charge in [0.05, 0.1) is 12.5 Å². The SMILES string of the molecule is N#CCc1cccc(C(=O)NC2CCN(C3CCOCC3)C2=O)c1. The predicted octanol–water partition coefficient (Wildman–Crippen LogP) is 1.26. The number of benzene rings is 1. The lowest BCUT2D eigenvalue weighted by molar-refractivity contribution is -0.132. The molecule has 1 atom stereocenters. The van der Waals surface area contributed by atoms with Gasteiger partial charge in [-0.15, -0.1) is 0 Å². The minimum absolute atomic E-state index is 0.00318. The van der Waals surface area contributed by atoms with Gasteiger partial charge in [-0.05, 0) is 37.0 Å². The van der Waals surface area contributed by atoms with Gasteiger partial charge in [0.25, 0.3) is 5.91 Å². The summed E-state index contributed by atoms with van der Waals surface area (Å²) in [7, 11) is 0. The van der Waals surface area contributed by atoms with Crippen LogP contribution in [0.2, 0.25) is 0 Å². The molecule has 2 heterocycles. The molecule has 2 fully saturated rings. The van der Waals surface area contributed by atoms with E-state index >= 15 is 0 Å². The molecular weight excluding hydrogens is 306 g/mol. The minimum atomic E-state index is -0.458. The second kappa shape index (κ2) is 7.45. The monoisotopic (exact) mass is 327 g/mol. The molecule has 1 aromatic carbocycles. The molecule has 0 aliphatic carbocycles. The molecule has 2 amide bonds. The summed E-state index contributed by atoms with van der Waals surface area (Å²) in [5, 5.41) is 11.6. The highest BCUT2D eigenvalue weighted by Gasteiger charge is 2.37. The summed E-state index contributed by atoms with van der Waals surface area (Å²) in [4.78, 5) is 26.9. The van der Waals surface area contributed by atoms with Crippen molar-refractivity contribution in [3.8, 4) is 6.07 Å². The van der Waals surface area contributed by atoms with Crippen molar-refractivity contribution in [1.82, 2.24) is 10.2 Å². The van der Waals surface area contributed by atoms with E-state index in [1.165, 1.54) is 0 Å². The Hall–Kier alpha value is -2.39. The number of ether oxygens (including phenoxy) is 1. The van der Waals surface area contributed by atoms with E-state index in [4.69, 9.17) is 10.00 Å². The van der Waals surface area contributed by atoms with E-state index in [0.29, 0.717) is 31.7 Å². The summed E-state index contributed by atoms with van der Waals surface area (Å²) in [6, 6.07) is 8.81. The molecule has 126 valence electrons. The number of hydrogen-bond acceptors (Lipinski definition) is 4. The number of rotatable bonds is 4. The van der Waals surface area contributed by atoms with Gasteiger partial charge in [0.15, 0.2) is 0 Å². The Bertz CT molecular complexity index is 662. The largest absolute Gasteiger partial charge is 0.381 e. The van der Waals surface area contributed by atoms with Gasteiger partial charge in [-0.25, -0.2) is 0 Å². The Kier molecular flexibility index (Phi) is 5.11. The predicted molar refractivity (Wildman–Crippen MR) is 87.2 cm³/mol. The summed E-state index contributed by atoms with van der Waals surface area (Å²) >= 11 is 0. The number of nitriles is 1. The first-order chi connectivity index (χ1) is 11.7. The zero-order valence-electron chi connectivity index (χ0n) is 13.5. The Balaban J connectivity index is 1.62. The molecule has 1 N–H and O–H groups in total. The van der Waals surface area contributed by atoms with Gasteiger partial charge in [0, 0.05) is 31.4 Å². The van der Waals surface area contributed by atoms with Crippen LogP contribution in [-0.2, 0) is 16.0 Å². The zero-order chi connectivity index (χ0) is 16.9. The summed E-state index contributed by atoms with van der Waals surface area (Å²) < 4.78 is 5.34. The van der Waals surface area contributed by atoms with Crippen molar-refractivity contribution in [2.24, 2.45) is 0 Å². The van der Waals surface area contributed by atoms with Crippen molar-refractivity contribution in [3.05, 3.63) is 35.4 Å². The lowest BCUT2D eigenvalue weighted by atomic mass is 10.1. The van der Waals surface area contributed by atoms with E-state index in [1.807, 2.05) is 11.0 Å². The second-order valence-corrected chi connectivity index (χ2v) is 6.23. The fourth-order valence-corrected chi connectivity index (χ4v) is 3.35. The summed E-state index contributed by atoms with van der Waals surface area (Å²) in [5.41, 5.74) is 1.28. The fraction of sp³-hybridized carbons (Fsp3) is 0.500. The average Bonchev–Trinajstić information content (AvgIpc) is 2.97. The number of nitrogens with zero attached hydrogens (tertiary/aromatic N) is 2. The number of likely N-dealkylation sites (tertiary alicyclic amines) is 1. The maximum absolute atomic E-state index is 12.6. The van der Waals surface area contributed by atoms with Crippen LogP contribution in [0.3, 0.4) is 0 Å². The third-order valence-corrected chi connectivity index (χ3v) is 4.65. The van der Waals surface area contributed by atoms with Crippen molar-refractivity contribution in [3.63, 3.8) is 0 Å². The van der Waals surface area contributed by atoms with Crippen molar-refractivity contribution in [2.75, 3.05) is 19.8 Å². The number of carbonyl (C=O) groups excluding carboxylic acids is 2. The van der Waals surface area contributed by atoms with Gasteiger partial charge in [-0.1, -0.05) is 12.1 Å². The van der Waals surface area contributed by atoms with Crippen LogP contribution in [0, 0.1) is 11.3 Å². The molecule has 1 aromatic rings. The number of carbonyl (C=O) groups is 2. The Labute approximate surface area is 141 Å². The number of amides is 2. The van der Waals surface area contributed by atoms with Crippen molar-refractivity contribution in [2.45, 2.75) is 37.8 Å². The molecule has 2 saturated heterocycles. The molecular formula is C18H21N3O3. The number of hydrogen-bond donors (Lipinski definition) is 1. The first-order valence-corrected chi connectivity index (χ1v) is 8.34. The molecule has 6 heteroatoms. The zero-order valence-corrected chi connectivity index (χ0v) is 13.5. The van der Waals surface area contributed by atoms with Crippen LogP contribution in [0.15, 0.2) is 24.3 Å². The summed E-state index contributed by atoms with van der Waals surface area (Å²) in [6.07, 6.45) is 2.63. The molecule has 24 heavy (non-hydrogen) atoms. The smallest absolute Gasteiger partial charge is 0.251 e. The Morgan fingerprint density at radius 2 is 2.12 bits per heavy atom. The molecule has 2 aliphatic rings. The third kappa shape index (κ3) is 3.57. The second-order valence-electron chi connectivity index (χ2n) is 6.23. The van der Waals surface area contributed by atoms with Crippen LogP contribution in [-0.4, -0.2) is 48.6 Å². The van der Waals surface area contributed by atoms with Crippen molar-refractivity contribution in [1.29, 1.82) is 5.26 Å². The third-order valence-electron chi connectivity index (χ3n) is 4.65. The molecule has 0 radical (unpaired) electrons. The van der Waals surface area contributed by atoms with E-state index in [-0.39, 0.29) is 24.3 Å². The fourth-order valence-electron chi connectivity index (χ4n) is 3.35. The maximum atomic E-state index is 12.6. The highest BCUT2D eigenvalue weighted by molar-refractivity contribution is 5.98. The van der Waals surface area contributed by atoms with E-state index in [9.17, 15) is 9.59 Å². The molecule has 0 bridgehead atoms. The lowest BCUT2D eigenvalue weighted by Gasteiger charge is -2.31. The van der Waals surface area contributed by atoms with Gasteiger partial charge < -0.3 is 15.0 Å². The van der Waals surface area contributed by atoms with Crippen LogP contribution in [0.1, 0.15) is 35.2 Å². The van der Waals surface area contributed by atoms with E-state index < -0.39 is 6.04 Å². The Morgan fingerprint density at radius 1 is 1.33 bits per heavy atom. The van der Waals surface area contributed by atoms with Crippen LogP contribution in [0.4, 0.5) is 0 Å². The molecule has 0 aromatic heterocycles. The van der Waals surface area contributed by atoms with E-state index in [2.05, 4.69) is 11.4 Å². The summed E-state index contributed by atoms with van der Waals surface area (Å²) in [5.74, 6) is -0.259. The van der Waals surface area contributed by atoms with Crippen LogP contribution in [0.5, 0.6) is 0 Å². The average molecular weight is 327 g/mol. The summed E-state index contributed by atoms with van der Waals surface area (Å²) in [6.45, 7) is 2.07. The maximum Gasteiger partial charge on any atom is 0.251 e. The highest BCUT2D eigenvalue weighted by Crippen LogP contribution is 2.21. The quantitative estimate of drug-likeness (QED) is 0.902. The van der Waals surface area contributed by atoms with Crippen LogP contribution >= 0.6 is 0 Å². The normalized spacial score (nSPS) is 21.5. The molecule has 6 nitrogen and oxygen atoms in total. The first-order valence-electron chi connectivity index (χ1n) is 8.34. The van der Waals surface area contributed by atoms with Gasteiger partial charge in [-0.3, -0.25) is 9.59 Å². The van der Waals surface area contributed by atoms with E-state index in [0.717, 1.165) is 18.4 Å². The van der Waals surface area contributed by atoms with Crippen molar-refractivity contribution >= 4 is 11.8 Å². The van der Waals surface area contributed by atoms with Gasteiger partial charge >= 0.3 is 0 Å². The number of nitrogens with one attached hydrogen (secondary N) is 1. The molecule has 1 unspecified atom stereocenters. The molecule has 2 aliphatic heterocycles. The van der Waals surface area contributed by atoms with Crippen molar-refractivity contribution < 1.29 is 14.3 Å². The molecule has 0 spiro atoms. The first kappa shape index (κ1) is 16.5. The lowest BCUT2D eigenvalue weighted by Crippen LogP contribution is -2.46. The van der Waals surface area contributed by atoms with Crippen LogP contribution < -0.4 is 5.32 Å². The van der Waals surface area contributed by atoms with E-state index in [1.54, 1.807) is 18.2 Å². The van der Waals surface area contributed by atoms with Gasteiger partial charge in [0.1, 0.15) is 6.04 Å². The minimum Gasteiger partial charge on any atom is -0.381 e. The molecule has 0 saturated carbocycles. The Morgan fingerprint density at radius 3 is 2.88 bits per heavy atom.